The summed E-state index contributed by atoms with van der Waals surface area (Å²) in [4.78, 5) is 38.8. The number of aliphatic imine (C=N–C) groups is 1. The second kappa shape index (κ2) is 13.5. The molecule has 1 aromatic carbocycles. The fourth-order valence-corrected chi connectivity index (χ4v) is 5.93. The highest BCUT2D eigenvalue weighted by Gasteiger charge is 2.51. The smallest absolute Gasteiger partial charge is 0.338 e. The normalized spacial score (nSPS) is 21.3. The Kier molecular flexibility index (Phi) is 10.4. The van der Waals surface area contributed by atoms with Crippen molar-refractivity contribution in [3.05, 3.63) is 62.7 Å². The molecule has 0 aliphatic carbocycles. The number of aliphatic carboxylic acids is 1. The largest absolute Gasteiger partial charge is 0.481 e. The van der Waals surface area contributed by atoms with Crippen molar-refractivity contribution >= 4 is 41.7 Å². The molecule has 0 unspecified atom stereocenters. The molecule has 2 aliphatic heterocycles. The highest BCUT2D eigenvalue weighted by atomic mass is 32.1. The van der Waals surface area contributed by atoms with Gasteiger partial charge >= 0.3 is 11.9 Å². The number of halogens is 4. The summed E-state index contributed by atoms with van der Waals surface area (Å²) >= 11 is 5.52. The molecule has 3 heterocycles. The first-order valence-corrected chi connectivity index (χ1v) is 15.0. The predicted molar refractivity (Wildman–Crippen MR) is 158 cm³/mol. The maximum absolute atomic E-state index is 15.7. The minimum absolute atomic E-state index is 0.0568. The van der Waals surface area contributed by atoms with Crippen molar-refractivity contribution in [3.63, 3.8) is 0 Å². The number of nitrogens with one attached hydrogen (secondary N) is 2. The first-order valence-electron chi connectivity index (χ1n) is 13.6. The van der Waals surface area contributed by atoms with Crippen molar-refractivity contribution < 1.29 is 41.8 Å². The number of hydrogen-bond donors (Lipinski definition) is 4. The molecule has 1 saturated heterocycles. The minimum Gasteiger partial charge on any atom is -0.481 e. The number of rotatable bonds is 12. The number of hydrogen-bond acceptors (Lipinski definition) is 11. The van der Waals surface area contributed by atoms with E-state index < -0.39 is 58.8 Å². The number of ether oxygens (including phenoxy) is 1. The molecule has 3 atom stereocenters. The van der Waals surface area contributed by atoms with E-state index in [1.54, 1.807) is 5.38 Å². The van der Waals surface area contributed by atoms with E-state index in [-0.39, 0.29) is 54.3 Å². The van der Waals surface area contributed by atoms with E-state index in [1.807, 2.05) is 0 Å². The summed E-state index contributed by atoms with van der Waals surface area (Å²) in [5.41, 5.74) is -0.993. The topological polar surface area (TPSA) is 125 Å². The van der Waals surface area contributed by atoms with Crippen LogP contribution >= 0.6 is 24.0 Å². The summed E-state index contributed by atoms with van der Waals surface area (Å²) in [6, 6.07) is -0.399. The number of carboxylic acids is 1. The molecule has 0 spiro atoms. The first kappa shape index (κ1) is 33.8. The number of esters is 1. The molecule has 1 fully saturated rings. The Bertz CT molecular complexity index is 1450. The van der Waals surface area contributed by atoms with Crippen LogP contribution < -0.4 is 10.6 Å². The lowest BCUT2D eigenvalue weighted by Crippen LogP contribution is -2.53. The van der Waals surface area contributed by atoms with Gasteiger partial charge in [0, 0.05) is 30.4 Å². The molecule has 240 valence electrons. The molecular weight excluding hydrogens is 626 g/mol. The van der Waals surface area contributed by atoms with Gasteiger partial charge in [-0.05, 0) is 44.4 Å². The summed E-state index contributed by atoms with van der Waals surface area (Å²) < 4.78 is 64.9. The van der Waals surface area contributed by atoms with Crippen LogP contribution in [-0.4, -0.2) is 83.5 Å². The average molecular weight is 660 g/mol. The number of aromatic nitrogens is 1. The van der Waals surface area contributed by atoms with E-state index in [0.29, 0.717) is 5.01 Å². The van der Waals surface area contributed by atoms with Gasteiger partial charge in [0.2, 0.25) is 0 Å². The molecule has 3 N–H and O–H groups in total. The van der Waals surface area contributed by atoms with Gasteiger partial charge < -0.3 is 20.5 Å². The Labute approximate surface area is 260 Å². The standard InChI is InChI=1S/C28H33F4N5O5S2/c1-14-15(5-6-16(29)20(14)30)21-19(25(38)41-4)17(35-23(36-21)24-34-8-10-44-24)11-33-13-28(31,32)22-18(43)12-42-37(22)9-7-27(2,3)26(39)40/h5-6,8,10,18,21-22,33,43H,7,9,11-13H2,1-4H3,(H,35,36)(H,39,40)/t18-,21+,22+/m1/s1. The van der Waals surface area contributed by atoms with Gasteiger partial charge in [-0.2, -0.15) is 17.7 Å². The number of alkyl halides is 2. The van der Waals surface area contributed by atoms with Crippen LogP contribution in [0.2, 0.25) is 0 Å². The van der Waals surface area contributed by atoms with E-state index in [4.69, 9.17) is 9.57 Å². The Hall–Kier alpha value is -3.05. The fraction of sp³-hybridized carbons (Fsp3) is 0.500. The SMILES string of the molecule is COC(=O)C1=C(CNCC(F)(F)[C@@H]2[C@H](S)CON2CCC(C)(C)C(=O)O)NC(c2nccs2)=N[C@H]1c1ccc(F)c(F)c1C. The number of amidine groups is 1. The number of carbonyl (C=O) groups is 2. The van der Waals surface area contributed by atoms with Crippen molar-refractivity contribution in [2.45, 2.75) is 50.4 Å². The zero-order valence-corrected chi connectivity index (χ0v) is 26.1. The number of carbonyl (C=O) groups excluding carboxylic acids is 1. The number of methoxy groups -OCH3 is 1. The first-order chi connectivity index (χ1) is 20.7. The van der Waals surface area contributed by atoms with Crippen molar-refractivity contribution in [1.29, 1.82) is 0 Å². The lowest BCUT2D eigenvalue weighted by Gasteiger charge is -2.33. The van der Waals surface area contributed by atoms with Crippen LogP contribution in [0.15, 0.2) is 40.0 Å². The van der Waals surface area contributed by atoms with E-state index in [0.717, 1.165) is 18.2 Å². The van der Waals surface area contributed by atoms with Gasteiger partial charge in [-0.3, -0.25) is 14.6 Å². The quantitative estimate of drug-likeness (QED) is 0.153. The molecule has 2 aliphatic rings. The van der Waals surface area contributed by atoms with Crippen molar-refractivity contribution in [2.75, 3.05) is 33.4 Å². The maximum atomic E-state index is 15.7. The molecule has 0 radical (unpaired) electrons. The molecule has 0 saturated carbocycles. The highest BCUT2D eigenvalue weighted by Crippen LogP contribution is 2.37. The van der Waals surface area contributed by atoms with Crippen LogP contribution in [0.4, 0.5) is 17.6 Å². The number of thiol groups is 1. The van der Waals surface area contributed by atoms with Crippen LogP contribution in [0, 0.1) is 24.0 Å². The lowest BCUT2D eigenvalue weighted by molar-refractivity contribution is -0.188. The Balaban J connectivity index is 1.61. The summed E-state index contributed by atoms with van der Waals surface area (Å²) in [6.07, 6.45) is 1.59. The van der Waals surface area contributed by atoms with E-state index in [2.05, 4.69) is 33.2 Å². The second-order valence-electron chi connectivity index (χ2n) is 11.1. The molecule has 1 aromatic heterocycles. The zero-order chi connectivity index (χ0) is 32.4. The fourth-order valence-electron chi connectivity index (χ4n) is 4.91. The number of carboxylic acid groups (broad SMARTS) is 1. The van der Waals surface area contributed by atoms with E-state index in [1.165, 1.54) is 44.4 Å². The summed E-state index contributed by atoms with van der Waals surface area (Å²) in [5.74, 6) is -7.28. The molecule has 44 heavy (non-hydrogen) atoms. The molecule has 0 bridgehead atoms. The Morgan fingerprint density at radius 3 is 2.68 bits per heavy atom. The van der Waals surface area contributed by atoms with Crippen LogP contribution in [0.5, 0.6) is 0 Å². The van der Waals surface area contributed by atoms with Gasteiger partial charge in [-0.15, -0.1) is 11.3 Å². The van der Waals surface area contributed by atoms with Gasteiger partial charge in [0.05, 0.1) is 36.5 Å². The second-order valence-corrected chi connectivity index (χ2v) is 12.6. The summed E-state index contributed by atoms with van der Waals surface area (Å²) in [7, 11) is 1.14. The maximum Gasteiger partial charge on any atom is 0.338 e. The molecule has 4 rings (SSSR count). The number of nitrogens with zero attached hydrogens (tertiary/aromatic N) is 3. The minimum atomic E-state index is -3.40. The average Bonchev–Trinajstić information content (AvgIpc) is 3.64. The van der Waals surface area contributed by atoms with Crippen LogP contribution in [-0.2, 0) is 19.2 Å². The number of hydroxylamine groups is 2. The third kappa shape index (κ3) is 7.09. The van der Waals surface area contributed by atoms with Crippen LogP contribution in [0.3, 0.4) is 0 Å². The molecule has 0 amide bonds. The molecular formula is C28H33F4N5O5S2. The summed E-state index contributed by atoms with van der Waals surface area (Å²) in [5, 5.41) is 17.4. The molecule has 2 aromatic rings. The predicted octanol–water partition coefficient (Wildman–Crippen LogP) is 3.89. The Morgan fingerprint density at radius 2 is 2.05 bits per heavy atom. The number of benzene rings is 1. The van der Waals surface area contributed by atoms with Crippen LogP contribution in [0.1, 0.15) is 42.4 Å². The van der Waals surface area contributed by atoms with Gasteiger partial charge in [0.1, 0.15) is 12.1 Å². The third-order valence-corrected chi connectivity index (χ3v) is 8.77. The Morgan fingerprint density at radius 1 is 1.32 bits per heavy atom. The van der Waals surface area contributed by atoms with Gasteiger partial charge in [0.25, 0.3) is 5.92 Å². The number of thiazole rings is 1. The third-order valence-electron chi connectivity index (χ3n) is 7.56. The van der Waals surface area contributed by atoms with Gasteiger partial charge in [-0.25, -0.2) is 27.3 Å². The van der Waals surface area contributed by atoms with E-state index in [9.17, 15) is 23.5 Å². The summed E-state index contributed by atoms with van der Waals surface area (Å²) in [6.45, 7) is 3.05. The zero-order valence-electron chi connectivity index (χ0n) is 24.4. The van der Waals surface area contributed by atoms with Crippen molar-refractivity contribution in [2.24, 2.45) is 10.4 Å². The lowest BCUT2D eigenvalue weighted by atomic mass is 9.89. The van der Waals surface area contributed by atoms with Crippen molar-refractivity contribution in [1.82, 2.24) is 20.7 Å². The highest BCUT2D eigenvalue weighted by molar-refractivity contribution is 7.81. The van der Waals surface area contributed by atoms with Gasteiger partial charge in [0.15, 0.2) is 22.5 Å². The van der Waals surface area contributed by atoms with E-state index >= 15 is 8.78 Å². The monoisotopic (exact) mass is 659 g/mol. The van der Waals surface area contributed by atoms with Gasteiger partial charge in [-0.1, -0.05) is 6.07 Å². The molecule has 16 heteroatoms. The van der Waals surface area contributed by atoms with Crippen molar-refractivity contribution in [3.8, 4) is 0 Å². The molecule has 10 nitrogen and oxygen atoms in total. The van der Waals surface area contributed by atoms with Crippen LogP contribution in [0.25, 0.3) is 0 Å².